The second-order valence-electron chi connectivity index (χ2n) is 4.95. The van der Waals surface area contributed by atoms with Crippen LogP contribution in [0.25, 0.3) is 0 Å². The van der Waals surface area contributed by atoms with Crippen molar-refractivity contribution in [2.45, 2.75) is 31.5 Å². The van der Waals surface area contributed by atoms with Gasteiger partial charge in [-0.05, 0) is 24.6 Å². The van der Waals surface area contributed by atoms with Gasteiger partial charge in [-0.2, -0.15) is 13.2 Å². The van der Waals surface area contributed by atoms with Gasteiger partial charge in [0.15, 0.2) is 11.3 Å². The van der Waals surface area contributed by atoms with Gasteiger partial charge in [-0.1, -0.05) is 11.6 Å². The molecule has 0 radical (unpaired) electrons. The van der Waals surface area contributed by atoms with Crippen LogP contribution >= 0.6 is 11.6 Å². The smallest absolute Gasteiger partial charge is 0.413 e. The van der Waals surface area contributed by atoms with Crippen molar-refractivity contribution in [3.8, 4) is 5.75 Å². The summed E-state index contributed by atoms with van der Waals surface area (Å²) in [4.78, 5) is 11.8. The molecular weight excluding hydrogens is 295 g/mol. The summed E-state index contributed by atoms with van der Waals surface area (Å²) in [5, 5.41) is 0.364. The Morgan fingerprint density at radius 1 is 1.45 bits per heavy atom. The minimum absolute atomic E-state index is 0.343. The molecule has 0 saturated heterocycles. The number of hydrogen-bond acceptors (Lipinski definition) is 3. The first-order valence-electron chi connectivity index (χ1n) is 5.96. The standard InChI is InChI=1S/C13H13ClF3NO2/c1-12(18,13(15,16)17)10(19)6-8-5-9(14)4-7-2-3-20-11(7)8/h4-5H,2-3,6,18H2,1H3. The Bertz CT molecular complexity index is 555. The maximum atomic E-state index is 12.7. The number of rotatable bonds is 3. The van der Waals surface area contributed by atoms with Gasteiger partial charge in [0.25, 0.3) is 0 Å². The molecule has 0 saturated carbocycles. The van der Waals surface area contributed by atoms with Gasteiger partial charge in [0, 0.05) is 23.4 Å². The highest BCUT2D eigenvalue weighted by molar-refractivity contribution is 6.30. The van der Waals surface area contributed by atoms with Crippen molar-refractivity contribution in [3.05, 3.63) is 28.3 Å². The summed E-state index contributed by atoms with van der Waals surface area (Å²) in [5.74, 6) is -0.675. The van der Waals surface area contributed by atoms with E-state index in [9.17, 15) is 18.0 Å². The maximum Gasteiger partial charge on any atom is 0.413 e. The van der Waals surface area contributed by atoms with Crippen LogP contribution in [0.3, 0.4) is 0 Å². The van der Waals surface area contributed by atoms with Gasteiger partial charge in [-0.3, -0.25) is 4.79 Å². The Morgan fingerprint density at radius 2 is 2.10 bits per heavy atom. The molecule has 0 fully saturated rings. The monoisotopic (exact) mass is 307 g/mol. The summed E-state index contributed by atoms with van der Waals surface area (Å²) in [6, 6.07) is 3.12. The second-order valence-corrected chi connectivity index (χ2v) is 5.39. The summed E-state index contributed by atoms with van der Waals surface area (Å²) in [5.41, 5.74) is 3.37. The Hall–Kier alpha value is -1.27. The quantitative estimate of drug-likeness (QED) is 0.934. The van der Waals surface area contributed by atoms with Crippen molar-refractivity contribution in [2.75, 3.05) is 6.61 Å². The van der Waals surface area contributed by atoms with Gasteiger partial charge >= 0.3 is 6.18 Å². The Morgan fingerprint density at radius 3 is 2.70 bits per heavy atom. The lowest BCUT2D eigenvalue weighted by molar-refractivity contribution is -0.185. The predicted octanol–water partition coefficient (Wildman–Crippen LogP) is 2.67. The van der Waals surface area contributed by atoms with Crippen LogP contribution in [0.2, 0.25) is 5.02 Å². The van der Waals surface area contributed by atoms with E-state index in [0.29, 0.717) is 36.3 Å². The van der Waals surface area contributed by atoms with Crippen molar-refractivity contribution < 1.29 is 22.7 Å². The number of ether oxygens (including phenoxy) is 1. The Kier molecular flexibility index (Phi) is 3.73. The molecule has 1 aromatic rings. The highest BCUT2D eigenvalue weighted by atomic mass is 35.5. The molecule has 1 aliphatic rings. The number of carbonyl (C=O) groups is 1. The zero-order valence-corrected chi connectivity index (χ0v) is 11.4. The molecule has 1 aromatic carbocycles. The number of Topliss-reactive ketones (excluding diaryl/α,β-unsaturated/α-hetero) is 1. The van der Waals surface area contributed by atoms with Crippen LogP contribution in [0.5, 0.6) is 5.75 Å². The lowest BCUT2D eigenvalue weighted by atomic mass is 9.91. The van der Waals surface area contributed by atoms with Crippen LogP contribution < -0.4 is 10.5 Å². The minimum Gasteiger partial charge on any atom is -0.493 e. The number of carbonyl (C=O) groups excluding carboxylic acids is 1. The highest BCUT2D eigenvalue weighted by Gasteiger charge is 2.53. The third-order valence-corrected chi connectivity index (χ3v) is 3.56. The molecule has 7 heteroatoms. The summed E-state index contributed by atoms with van der Waals surface area (Å²) in [6.07, 6.45) is -4.64. The highest BCUT2D eigenvalue weighted by Crippen LogP contribution is 2.35. The second kappa shape index (κ2) is 4.93. The van der Waals surface area contributed by atoms with Crippen molar-refractivity contribution in [1.82, 2.24) is 0 Å². The van der Waals surface area contributed by atoms with E-state index in [2.05, 4.69) is 0 Å². The fourth-order valence-corrected chi connectivity index (χ4v) is 2.26. The first-order valence-corrected chi connectivity index (χ1v) is 6.33. The maximum absolute atomic E-state index is 12.7. The van der Waals surface area contributed by atoms with Gasteiger partial charge in [0.2, 0.25) is 0 Å². The van der Waals surface area contributed by atoms with Crippen molar-refractivity contribution in [1.29, 1.82) is 0 Å². The number of fused-ring (bicyclic) bond motifs is 1. The fourth-order valence-electron chi connectivity index (χ4n) is 1.99. The molecule has 1 aliphatic heterocycles. The number of halogens is 4. The number of nitrogens with two attached hydrogens (primary N) is 1. The van der Waals surface area contributed by atoms with Crippen molar-refractivity contribution in [2.24, 2.45) is 5.73 Å². The van der Waals surface area contributed by atoms with E-state index in [4.69, 9.17) is 22.1 Å². The van der Waals surface area contributed by atoms with E-state index in [1.165, 1.54) is 6.07 Å². The van der Waals surface area contributed by atoms with Gasteiger partial charge < -0.3 is 10.5 Å². The summed E-state index contributed by atoms with van der Waals surface area (Å²) in [7, 11) is 0. The Balaban J connectivity index is 2.30. The van der Waals surface area contributed by atoms with Crippen molar-refractivity contribution in [3.63, 3.8) is 0 Å². The largest absolute Gasteiger partial charge is 0.493 e. The van der Waals surface area contributed by atoms with Crippen LogP contribution in [0.1, 0.15) is 18.1 Å². The van der Waals surface area contributed by atoms with E-state index < -0.39 is 23.9 Å². The van der Waals surface area contributed by atoms with Gasteiger partial charge in [0.05, 0.1) is 6.61 Å². The van der Waals surface area contributed by atoms with Gasteiger partial charge in [-0.25, -0.2) is 0 Å². The van der Waals surface area contributed by atoms with E-state index in [0.717, 1.165) is 5.56 Å². The first kappa shape index (κ1) is 15.1. The normalized spacial score (nSPS) is 17.3. The van der Waals surface area contributed by atoms with E-state index in [1.54, 1.807) is 6.07 Å². The average Bonchev–Trinajstić information content (AvgIpc) is 2.75. The van der Waals surface area contributed by atoms with Gasteiger partial charge in [0.1, 0.15) is 5.75 Å². The third kappa shape index (κ3) is 2.62. The fraction of sp³-hybridized carbons (Fsp3) is 0.462. The lowest BCUT2D eigenvalue weighted by Crippen LogP contribution is -2.57. The number of benzene rings is 1. The van der Waals surface area contributed by atoms with Gasteiger partial charge in [-0.15, -0.1) is 0 Å². The molecule has 0 bridgehead atoms. The van der Waals surface area contributed by atoms with E-state index >= 15 is 0 Å². The topological polar surface area (TPSA) is 52.3 Å². The summed E-state index contributed by atoms with van der Waals surface area (Å²) >= 11 is 5.90. The van der Waals surface area contributed by atoms with Crippen LogP contribution in [0, 0.1) is 0 Å². The molecule has 2 N–H and O–H groups in total. The summed E-state index contributed by atoms with van der Waals surface area (Å²) in [6.45, 7) is 1.09. The number of hydrogen-bond donors (Lipinski definition) is 1. The molecule has 1 unspecified atom stereocenters. The zero-order valence-electron chi connectivity index (χ0n) is 10.7. The number of ketones is 1. The zero-order chi connectivity index (χ0) is 15.1. The molecule has 1 atom stereocenters. The lowest BCUT2D eigenvalue weighted by Gasteiger charge is -2.26. The average molecular weight is 308 g/mol. The molecule has 2 rings (SSSR count). The van der Waals surface area contributed by atoms with Crippen molar-refractivity contribution >= 4 is 17.4 Å². The van der Waals surface area contributed by atoms with Crippen LogP contribution in [0.15, 0.2) is 12.1 Å². The van der Waals surface area contributed by atoms with E-state index in [-0.39, 0.29) is 0 Å². The molecule has 0 spiro atoms. The molecule has 0 amide bonds. The molecule has 0 aliphatic carbocycles. The molecule has 0 aromatic heterocycles. The molecule has 110 valence electrons. The predicted molar refractivity (Wildman–Crippen MR) is 68.0 cm³/mol. The minimum atomic E-state index is -4.80. The van der Waals surface area contributed by atoms with E-state index in [1.807, 2.05) is 0 Å². The molecule has 1 heterocycles. The summed E-state index contributed by atoms with van der Waals surface area (Å²) < 4.78 is 43.6. The molecule has 20 heavy (non-hydrogen) atoms. The third-order valence-electron chi connectivity index (χ3n) is 3.34. The number of alkyl halides is 3. The van der Waals surface area contributed by atoms with Crippen LogP contribution in [-0.4, -0.2) is 24.1 Å². The Labute approximate surface area is 118 Å². The SMILES string of the molecule is CC(N)(C(=O)Cc1cc(Cl)cc2c1OCC2)C(F)(F)F. The van der Waals surface area contributed by atoms with Crippen LogP contribution in [0.4, 0.5) is 13.2 Å². The first-order chi connectivity index (χ1) is 9.13. The van der Waals surface area contributed by atoms with Crippen LogP contribution in [-0.2, 0) is 17.6 Å². The molecule has 3 nitrogen and oxygen atoms in total. The molecular formula is C13H13ClF3NO2.